The number of fused-ring (bicyclic) bond motifs is 9. The lowest BCUT2D eigenvalue weighted by atomic mass is 9.81. The molecule has 2 aromatic heterocycles. The number of benzene rings is 2. The summed E-state index contributed by atoms with van der Waals surface area (Å²) in [5.74, 6) is 0.659. The summed E-state index contributed by atoms with van der Waals surface area (Å²) in [6.45, 7) is 2.29. The summed E-state index contributed by atoms with van der Waals surface area (Å²) >= 11 is 0. The second kappa shape index (κ2) is 11.6. The summed E-state index contributed by atoms with van der Waals surface area (Å²) in [6, 6.07) is 13.8. The molecule has 3 aliphatic heterocycles. The van der Waals surface area contributed by atoms with E-state index in [4.69, 9.17) is 4.74 Å². The summed E-state index contributed by atoms with van der Waals surface area (Å²) in [7, 11) is -0.444. The quantitative estimate of drug-likeness (QED) is 0.278. The second-order valence-electron chi connectivity index (χ2n) is 15.1. The van der Waals surface area contributed by atoms with Gasteiger partial charge in [0.2, 0.25) is 5.91 Å². The minimum atomic E-state index is -4.28. The molecule has 50 heavy (non-hydrogen) atoms. The van der Waals surface area contributed by atoms with Gasteiger partial charge in [0, 0.05) is 72.1 Å². The molecule has 11 nitrogen and oxygen atoms in total. The number of piperazine rings is 1. The van der Waals surface area contributed by atoms with Gasteiger partial charge in [-0.2, -0.15) is 8.42 Å². The number of likely N-dealkylation sites (N-methyl/N-ethyl adjacent to an activating group) is 1. The number of carbonyl (C=O) groups excluding carboxylic acids is 2. The fourth-order valence-corrected chi connectivity index (χ4v) is 10.6. The van der Waals surface area contributed by atoms with E-state index in [2.05, 4.69) is 48.2 Å². The standard InChI is InChI=1S/C38H42N6O5S/c1-42-20-25-10-11-26(21-42)44(25)36(46)38-19-31(38)30-18-27(49-2)12-14-28(30)34-33(23-7-4-3-5-8-23)29-13-9-24(17-32(29)43(34)22-38)35(45)41-50(47,48)37-39-15-6-16-40-37/h6,9,12-18,23,25-26,31H,3-5,7-8,10-11,19-22H2,1-2H3,(H,41,45). The van der Waals surface area contributed by atoms with Crippen molar-refractivity contribution in [3.63, 3.8) is 0 Å². The van der Waals surface area contributed by atoms with Gasteiger partial charge in [-0.3, -0.25) is 9.59 Å². The van der Waals surface area contributed by atoms with Crippen LogP contribution in [0, 0.1) is 5.41 Å². The Balaban J connectivity index is 1.21. The highest BCUT2D eigenvalue weighted by Gasteiger charge is 2.65. The SMILES string of the molecule is COc1ccc2c(c1)C1CC1(C(=O)N1C3CCC1CN(C)C3)Cn1c-2c(C2CCCCC2)c2ccc(C(=O)NS(=O)(=O)c3ncccn3)cc21. The van der Waals surface area contributed by atoms with E-state index in [1.54, 1.807) is 13.2 Å². The number of rotatable bonds is 6. The summed E-state index contributed by atoms with van der Waals surface area (Å²) in [5.41, 5.74) is 5.12. The van der Waals surface area contributed by atoms with Gasteiger partial charge in [-0.05, 0) is 92.6 Å². The van der Waals surface area contributed by atoms with Gasteiger partial charge < -0.3 is 19.1 Å². The van der Waals surface area contributed by atoms with Gasteiger partial charge in [-0.1, -0.05) is 25.3 Å². The van der Waals surface area contributed by atoms with Gasteiger partial charge in [0.1, 0.15) is 5.75 Å². The van der Waals surface area contributed by atoms with Gasteiger partial charge in [0.15, 0.2) is 0 Å². The van der Waals surface area contributed by atoms with Crippen LogP contribution >= 0.6 is 0 Å². The first-order valence-corrected chi connectivity index (χ1v) is 19.4. The van der Waals surface area contributed by atoms with Crippen LogP contribution in [0.25, 0.3) is 22.2 Å². The maximum absolute atomic E-state index is 15.0. The third-order valence-electron chi connectivity index (χ3n) is 12.1. The molecule has 4 unspecified atom stereocenters. The lowest BCUT2D eigenvalue weighted by Gasteiger charge is -2.41. The van der Waals surface area contributed by atoms with E-state index >= 15 is 4.79 Å². The molecule has 4 fully saturated rings. The Morgan fingerprint density at radius 1 is 0.960 bits per heavy atom. The van der Waals surface area contributed by atoms with E-state index < -0.39 is 26.5 Å². The third-order valence-corrected chi connectivity index (χ3v) is 13.3. The highest BCUT2D eigenvalue weighted by Crippen LogP contribution is 2.66. The van der Waals surface area contributed by atoms with Gasteiger partial charge in [0.05, 0.1) is 18.2 Å². The maximum Gasteiger partial charge on any atom is 0.300 e. The Kier molecular flexibility index (Phi) is 7.37. The molecule has 9 rings (SSSR count). The average molecular weight is 695 g/mol. The first-order chi connectivity index (χ1) is 24.2. The van der Waals surface area contributed by atoms with Crippen molar-refractivity contribution in [2.75, 3.05) is 27.2 Å². The molecule has 2 saturated heterocycles. The van der Waals surface area contributed by atoms with Crippen molar-refractivity contribution in [2.24, 2.45) is 5.41 Å². The normalized spacial score (nSPS) is 26.1. The van der Waals surface area contributed by atoms with Crippen LogP contribution in [-0.4, -0.2) is 83.9 Å². The molecule has 4 atom stereocenters. The van der Waals surface area contributed by atoms with E-state index in [0.717, 1.165) is 91.5 Å². The van der Waals surface area contributed by atoms with E-state index in [0.29, 0.717) is 12.5 Å². The smallest absolute Gasteiger partial charge is 0.300 e. The van der Waals surface area contributed by atoms with Crippen LogP contribution in [0.3, 0.4) is 0 Å². The molecule has 12 heteroatoms. The van der Waals surface area contributed by atoms with Gasteiger partial charge in [-0.15, -0.1) is 0 Å². The predicted molar refractivity (Wildman–Crippen MR) is 187 cm³/mol. The van der Waals surface area contributed by atoms with Crippen molar-refractivity contribution in [3.05, 3.63) is 71.5 Å². The number of nitrogens with zero attached hydrogens (tertiary/aromatic N) is 5. The number of aromatic nitrogens is 3. The number of ether oxygens (including phenoxy) is 1. The number of amides is 2. The molecule has 5 aliphatic rings. The van der Waals surface area contributed by atoms with Crippen LogP contribution in [0.1, 0.15) is 84.7 Å². The van der Waals surface area contributed by atoms with Gasteiger partial charge in [-0.25, -0.2) is 14.7 Å². The van der Waals surface area contributed by atoms with E-state index in [1.165, 1.54) is 30.4 Å². The lowest BCUT2D eigenvalue weighted by molar-refractivity contribution is -0.143. The molecule has 0 spiro atoms. The summed E-state index contributed by atoms with van der Waals surface area (Å²) in [6.07, 6.45) is 11.2. The van der Waals surface area contributed by atoms with Crippen LogP contribution in [0.5, 0.6) is 5.75 Å². The summed E-state index contributed by atoms with van der Waals surface area (Å²) in [5, 5.41) is 0.594. The van der Waals surface area contributed by atoms with E-state index in [-0.39, 0.29) is 29.5 Å². The number of sulfonamides is 1. The molecule has 260 valence electrons. The Bertz CT molecular complexity index is 2130. The zero-order valence-corrected chi connectivity index (χ0v) is 29.3. The van der Waals surface area contributed by atoms with Crippen molar-refractivity contribution >= 4 is 32.7 Å². The fraction of sp³-hybridized carbons (Fsp3) is 0.474. The molecule has 4 aromatic rings. The minimum absolute atomic E-state index is 0.0517. The number of methoxy groups -OCH3 is 1. The van der Waals surface area contributed by atoms with Crippen LogP contribution in [0.15, 0.2) is 60.0 Å². The highest BCUT2D eigenvalue weighted by molar-refractivity contribution is 7.89. The molecule has 1 N–H and O–H groups in total. The van der Waals surface area contributed by atoms with Gasteiger partial charge in [0.25, 0.3) is 21.1 Å². The highest BCUT2D eigenvalue weighted by atomic mass is 32.2. The zero-order valence-electron chi connectivity index (χ0n) is 28.5. The van der Waals surface area contributed by atoms with Crippen molar-refractivity contribution in [3.8, 4) is 17.0 Å². The predicted octanol–water partition coefficient (Wildman–Crippen LogP) is 5.07. The van der Waals surface area contributed by atoms with Crippen molar-refractivity contribution in [2.45, 2.75) is 87.0 Å². The number of likely N-dealkylation sites (tertiary alicyclic amines) is 1. The molecule has 2 amide bonds. The van der Waals surface area contributed by atoms with Crippen molar-refractivity contribution in [1.82, 2.24) is 29.1 Å². The molecule has 0 radical (unpaired) electrons. The first-order valence-electron chi connectivity index (χ1n) is 17.9. The Labute approximate surface area is 292 Å². The number of nitrogens with one attached hydrogen (secondary N) is 1. The van der Waals surface area contributed by atoms with Crippen LogP contribution in [0.2, 0.25) is 0 Å². The molecule has 5 heterocycles. The van der Waals surface area contributed by atoms with Crippen LogP contribution in [-0.2, 0) is 21.4 Å². The fourth-order valence-electron chi connectivity index (χ4n) is 9.78. The Morgan fingerprint density at radius 2 is 1.70 bits per heavy atom. The largest absolute Gasteiger partial charge is 0.497 e. The van der Waals surface area contributed by atoms with Crippen LogP contribution in [0.4, 0.5) is 0 Å². The van der Waals surface area contributed by atoms with Crippen molar-refractivity contribution < 1.29 is 22.7 Å². The van der Waals surface area contributed by atoms with Crippen molar-refractivity contribution in [1.29, 1.82) is 0 Å². The maximum atomic E-state index is 15.0. The number of hydrogen-bond donors (Lipinski definition) is 1. The molecular weight excluding hydrogens is 653 g/mol. The minimum Gasteiger partial charge on any atom is -0.497 e. The zero-order chi connectivity index (χ0) is 34.4. The van der Waals surface area contributed by atoms with Gasteiger partial charge >= 0.3 is 0 Å². The monoisotopic (exact) mass is 694 g/mol. The molecule has 2 saturated carbocycles. The molecule has 2 aromatic carbocycles. The third kappa shape index (κ3) is 4.89. The molecule has 2 aliphatic carbocycles. The Morgan fingerprint density at radius 3 is 2.42 bits per heavy atom. The average Bonchev–Trinajstić information content (AvgIpc) is 3.71. The second-order valence-corrected chi connectivity index (χ2v) is 16.6. The molecule has 2 bridgehead atoms. The first kappa shape index (κ1) is 31.7. The number of hydrogen-bond acceptors (Lipinski definition) is 8. The summed E-state index contributed by atoms with van der Waals surface area (Å²) in [4.78, 5) is 40.9. The Hall–Kier alpha value is -4.29. The van der Waals surface area contributed by atoms with Crippen LogP contribution < -0.4 is 9.46 Å². The lowest BCUT2D eigenvalue weighted by Crippen LogP contribution is -2.57. The van der Waals surface area contributed by atoms with E-state index in [9.17, 15) is 13.2 Å². The topological polar surface area (TPSA) is 127 Å². The van der Waals surface area contributed by atoms with E-state index in [1.807, 2.05) is 18.2 Å². The number of carbonyl (C=O) groups is 2. The summed E-state index contributed by atoms with van der Waals surface area (Å²) < 4.78 is 36.3. The molecular formula is C38H42N6O5S.